The van der Waals surface area contributed by atoms with E-state index in [0.29, 0.717) is 36.5 Å². The molecule has 0 aliphatic heterocycles. The molecule has 0 aliphatic rings. The van der Waals surface area contributed by atoms with Crippen LogP contribution in [0.3, 0.4) is 0 Å². The number of benzene rings is 1. The summed E-state index contributed by atoms with van der Waals surface area (Å²) in [4.78, 5) is 11.5. The van der Waals surface area contributed by atoms with E-state index in [1.165, 1.54) is 25.7 Å². The monoisotopic (exact) mass is 378 g/mol. The van der Waals surface area contributed by atoms with Crippen LogP contribution in [0, 0.1) is 11.8 Å². The number of carbonyl (C=O) groups is 1. The van der Waals surface area contributed by atoms with E-state index < -0.39 is 5.97 Å². The highest BCUT2D eigenvalue weighted by Crippen LogP contribution is 2.27. The Morgan fingerprint density at radius 1 is 0.926 bits per heavy atom. The second kappa shape index (κ2) is 13.5. The average molecular weight is 379 g/mol. The van der Waals surface area contributed by atoms with Gasteiger partial charge in [-0.3, -0.25) is 0 Å². The lowest BCUT2D eigenvalue weighted by Gasteiger charge is -2.19. The summed E-state index contributed by atoms with van der Waals surface area (Å²) in [5.41, 5.74) is 0.200. The maximum absolute atomic E-state index is 11.5. The molecule has 0 saturated carbocycles. The van der Waals surface area contributed by atoms with Crippen LogP contribution in [0.5, 0.6) is 11.5 Å². The highest BCUT2D eigenvalue weighted by Gasteiger charge is 2.16. The Balaban J connectivity index is 2.76. The molecule has 4 heteroatoms. The van der Waals surface area contributed by atoms with Crippen LogP contribution in [0.2, 0.25) is 0 Å². The highest BCUT2D eigenvalue weighted by atomic mass is 16.5. The number of rotatable bonds is 15. The molecular weight excluding hydrogens is 340 g/mol. The number of hydrogen-bond donors (Lipinski definition) is 1. The maximum atomic E-state index is 11.5. The molecule has 0 heterocycles. The fourth-order valence-corrected chi connectivity index (χ4v) is 3.11. The minimum atomic E-state index is -0.965. The minimum absolute atomic E-state index is 0.200. The smallest absolute Gasteiger partial charge is 0.339 e. The summed E-state index contributed by atoms with van der Waals surface area (Å²) in [6.07, 6.45) is 9.15. The quantitative estimate of drug-likeness (QED) is 0.375. The molecule has 1 aromatic carbocycles. The number of unbranched alkanes of at least 4 members (excludes halogenated alkanes) is 2. The third-order valence-electron chi connectivity index (χ3n) is 5.23. The number of carboxylic acids is 1. The predicted octanol–water partition coefficient (Wildman–Crippen LogP) is 6.58. The molecule has 1 N–H and O–H groups in total. The molecule has 0 bridgehead atoms. The largest absolute Gasteiger partial charge is 0.493 e. The van der Waals surface area contributed by atoms with Crippen LogP contribution in [0.15, 0.2) is 18.2 Å². The van der Waals surface area contributed by atoms with Gasteiger partial charge in [-0.25, -0.2) is 4.79 Å². The van der Waals surface area contributed by atoms with Crippen LogP contribution in [0.4, 0.5) is 0 Å². The van der Waals surface area contributed by atoms with Crippen molar-refractivity contribution < 1.29 is 19.4 Å². The number of ether oxygens (including phenoxy) is 2. The predicted molar refractivity (Wildman–Crippen MR) is 111 cm³/mol. The Morgan fingerprint density at radius 2 is 1.48 bits per heavy atom. The molecule has 2 atom stereocenters. The molecule has 2 unspecified atom stereocenters. The van der Waals surface area contributed by atoms with E-state index in [9.17, 15) is 9.90 Å². The van der Waals surface area contributed by atoms with E-state index in [1.54, 1.807) is 18.2 Å². The normalized spacial score (nSPS) is 13.2. The van der Waals surface area contributed by atoms with Gasteiger partial charge in [0, 0.05) is 6.07 Å². The van der Waals surface area contributed by atoms with Crippen LogP contribution in [0.25, 0.3) is 0 Å². The molecule has 1 aromatic rings. The molecule has 4 nitrogen and oxygen atoms in total. The van der Waals surface area contributed by atoms with Gasteiger partial charge < -0.3 is 14.6 Å². The first-order valence-electron chi connectivity index (χ1n) is 10.7. The van der Waals surface area contributed by atoms with E-state index >= 15 is 0 Å². The zero-order valence-electron chi connectivity index (χ0n) is 17.6. The summed E-state index contributed by atoms with van der Waals surface area (Å²) in [6, 6.07) is 5.06. The van der Waals surface area contributed by atoms with Crippen molar-refractivity contribution in [3.63, 3.8) is 0 Å². The SMILES string of the molecule is CCCCC(CC)COc1ccc(C(=O)O)c(OCC(CC)CCCC)c1. The van der Waals surface area contributed by atoms with E-state index in [2.05, 4.69) is 27.7 Å². The Labute approximate surface area is 165 Å². The van der Waals surface area contributed by atoms with Crippen LogP contribution < -0.4 is 9.47 Å². The van der Waals surface area contributed by atoms with Crippen LogP contribution in [-0.2, 0) is 0 Å². The molecule has 0 spiro atoms. The van der Waals surface area contributed by atoms with Crippen LogP contribution in [-0.4, -0.2) is 24.3 Å². The van der Waals surface area contributed by atoms with Crippen molar-refractivity contribution in [3.05, 3.63) is 23.8 Å². The van der Waals surface area contributed by atoms with Crippen molar-refractivity contribution in [2.75, 3.05) is 13.2 Å². The molecule has 154 valence electrons. The average Bonchev–Trinajstić information content (AvgIpc) is 2.68. The van der Waals surface area contributed by atoms with Gasteiger partial charge in [-0.1, -0.05) is 66.2 Å². The Kier molecular flexibility index (Phi) is 11.6. The number of carboxylic acid groups (broad SMARTS) is 1. The summed E-state index contributed by atoms with van der Waals surface area (Å²) in [6.45, 7) is 9.94. The lowest BCUT2D eigenvalue weighted by atomic mass is 10.0. The van der Waals surface area contributed by atoms with Gasteiger partial charge in [-0.05, 0) is 36.8 Å². The Bertz CT molecular complexity index is 541. The van der Waals surface area contributed by atoms with E-state index in [-0.39, 0.29) is 5.56 Å². The van der Waals surface area contributed by atoms with Gasteiger partial charge in [0.1, 0.15) is 17.1 Å². The second-order valence-electron chi connectivity index (χ2n) is 7.42. The van der Waals surface area contributed by atoms with Crippen molar-refractivity contribution in [2.24, 2.45) is 11.8 Å². The van der Waals surface area contributed by atoms with Crippen molar-refractivity contribution in [2.45, 2.75) is 79.1 Å². The summed E-state index contributed by atoms with van der Waals surface area (Å²) in [5, 5.41) is 9.45. The van der Waals surface area contributed by atoms with Gasteiger partial charge in [0.25, 0.3) is 0 Å². The fourth-order valence-electron chi connectivity index (χ4n) is 3.11. The molecule has 0 radical (unpaired) electrons. The Hall–Kier alpha value is -1.71. The first-order chi connectivity index (χ1) is 13.0. The molecule has 0 aromatic heterocycles. The second-order valence-corrected chi connectivity index (χ2v) is 7.42. The number of aromatic carboxylic acids is 1. The number of hydrogen-bond acceptors (Lipinski definition) is 3. The topological polar surface area (TPSA) is 55.8 Å². The van der Waals surface area contributed by atoms with Gasteiger partial charge in [-0.2, -0.15) is 0 Å². The zero-order chi connectivity index (χ0) is 20.1. The van der Waals surface area contributed by atoms with Gasteiger partial charge in [0.05, 0.1) is 13.2 Å². The molecule has 0 fully saturated rings. The zero-order valence-corrected chi connectivity index (χ0v) is 17.6. The summed E-state index contributed by atoms with van der Waals surface area (Å²) in [7, 11) is 0. The lowest BCUT2D eigenvalue weighted by molar-refractivity contribution is 0.0691. The highest BCUT2D eigenvalue weighted by molar-refractivity contribution is 5.91. The third kappa shape index (κ3) is 8.68. The molecule has 27 heavy (non-hydrogen) atoms. The van der Waals surface area contributed by atoms with Gasteiger partial charge in [-0.15, -0.1) is 0 Å². The van der Waals surface area contributed by atoms with Crippen LogP contribution in [0.1, 0.15) is 89.4 Å². The molecular formula is C23H38O4. The van der Waals surface area contributed by atoms with Gasteiger partial charge in [0.2, 0.25) is 0 Å². The van der Waals surface area contributed by atoms with Crippen molar-refractivity contribution in [3.8, 4) is 11.5 Å². The van der Waals surface area contributed by atoms with Gasteiger partial charge in [0.15, 0.2) is 0 Å². The molecule has 1 rings (SSSR count). The van der Waals surface area contributed by atoms with Crippen molar-refractivity contribution in [1.29, 1.82) is 0 Å². The maximum Gasteiger partial charge on any atom is 0.339 e. The molecule has 0 saturated heterocycles. The Morgan fingerprint density at radius 3 is 1.96 bits per heavy atom. The third-order valence-corrected chi connectivity index (χ3v) is 5.23. The first-order valence-corrected chi connectivity index (χ1v) is 10.7. The lowest BCUT2D eigenvalue weighted by Crippen LogP contribution is -2.14. The standard InChI is InChI=1S/C23H38O4/c1-5-9-11-18(7-3)16-26-20-13-14-21(23(24)25)22(15-20)27-17-19(8-4)12-10-6-2/h13-15,18-19H,5-12,16-17H2,1-4H3,(H,24,25). The van der Waals surface area contributed by atoms with E-state index in [1.807, 2.05) is 0 Å². The molecule has 0 amide bonds. The first kappa shape index (κ1) is 23.3. The van der Waals surface area contributed by atoms with Crippen molar-refractivity contribution in [1.82, 2.24) is 0 Å². The minimum Gasteiger partial charge on any atom is -0.493 e. The summed E-state index contributed by atoms with van der Waals surface area (Å²) >= 11 is 0. The van der Waals surface area contributed by atoms with E-state index in [4.69, 9.17) is 9.47 Å². The van der Waals surface area contributed by atoms with E-state index in [0.717, 1.165) is 25.7 Å². The van der Waals surface area contributed by atoms with Crippen LogP contribution >= 0.6 is 0 Å². The molecule has 0 aliphatic carbocycles. The summed E-state index contributed by atoms with van der Waals surface area (Å²) < 4.78 is 11.9. The van der Waals surface area contributed by atoms with Gasteiger partial charge >= 0.3 is 5.97 Å². The van der Waals surface area contributed by atoms with Crippen molar-refractivity contribution >= 4 is 5.97 Å². The summed E-state index contributed by atoms with van der Waals surface area (Å²) in [5.74, 6) is 1.12. The fraction of sp³-hybridized carbons (Fsp3) is 0.696.